The Bertz CT molecular complexity index is 767. The van der Waals surface area contributed by atoms with Crippen LogP contribution in [0.4, 0.5) is 5.95 Å². The van der Waals surface area contributed by atoms with Crippen LogP contribution in [-0.2, 0) is 4.79 Å². The number of fused-ring (bicyclic) bond motifs is 1. The van der Waals surface area contributed by atoms with Crippen LogP contribution in [0.3, 0.4) is 0 Å². The lowest BCUT2D eigenvalue weighted by molar-refractivity contribution is -0.114. The molecule has 1 aliphatic rings. The third kappa shape index (κ3) is 2.48. The van der Waals surface area contributed by atoms with E-state index in [0.29, 0.717) is 18.5 Å². The predicted octanol–water partition coefficient (Wildman–Crippen LogP) is -0.618. The smallest absolute Gasteiger partial charge is 0.280 e. The Labute approximate surface area is 125 Å². The maximum Gasteiger partial charge on any atom is 0.280 e. The van der Waals surface area contributed by atoms with Gasteiger partial charge in [-0.1, -0.05) is 0 Å². The third-order valence-corrected chi connectivity index (χ3v) is 3.99. The van der Waals surface area contributed by atoms with Gasteiger partial charge >= 0.3 is 0 Å². The monoisotopic (exact) mass is 307 g/mol. The zero-order valence-corrected chi connectivity index (χ0v) is 12.0. The highest BCUT2D eigenvalue weighted by Gasteiger charge is 2.34. The number of rotatable bonds is 3. The molecule has 1 amide bonds. The van der Waals surface area contributed by atoms with Crippen molar-refractivity contribution in [2.24, 2.45) is 5.92 Å². The quantitative estimate of drug-likeness (QED) is 0.597. The van der Waals surface area contributed by atoms with Crippen molar-refractivity contribution in [3.05, 3.63) is 16.7 Å². The van der Waals surface area contributed by atoms with Gasteiger partial charge in [0.05, 0.1) is 12.4 Å². The zero-order chi connectivity index (χ0) is 15.9. The molecule has 1 fully saturated rings. The molecule has 0 spiro atoms. The van der Waals surface area contributed by atoms with Crippen LogP contribution in [-0.4, -0.2) is 48.4 Å². The lowest BCUT2D eigenvalue weighted by Gasteiger charge is -2.12. The Morgan fingerprint density at radius 1 is 1.55 bits per heavy atom. The van der Waals surface area contributed by atoms with Crippen molar-refractivity contribution in [1.82, 2.24) is 19.5 Å². The van der Waals surface area contributed by atoms with E-state index in [1.54, 1.807) is 4.57 Å². The molecule has 118 valence electrons. The Hall–Kier alpha value is -2.26. The van der Waals surface area contributed by atoms with E-state index in [9.17, 15) is 19.8 Å². The number of H-pyrrole nitrogens is 1. The molecular formula is C13H17N5O4. The van der Waals surface area contributed by atoms with Crippen molar-refractivity contribution in [2.75, 3.05) is 11.9 Å². The summed E-state index contributed by atoms with van der Waals surface area (Å²) in [6, 6.07) is -0.100. The van der Waals surface area contributed by atoms with Gasteiger partial charge in [-0.25, -0.2) is 4.98 Å². The van der Waals surface area contributed by atoms with Crippen molar-refractivity contribution >= 4 is 23.0 Å². The lowest BCUT2D eigenvalue weighted by Crippen LogP contribution is -2.17. The fourth-order valence-electron chi connectivity index (χ4n) is 2.92. The summed E-state index contributed by atoms with van der Waals surface area (Å²) in [6.45, 7) is 1.23. The van der Waals surface area contributed by atoms with Crippen molar-refractivity contribution in [1.29, 1.82) is 0 Å². The van der Waals surface area contributed by atoms with E-state index in [1.807, 2.05) is 0 Å². The number of aliphatic hydroxyl groups is 2. The highest BCUT2D eigenvalue weighted by Crippen LogP contribution is 2.35. The highest BCUT2D eigenvalue weighted by atomic mass is 16.3. The number of anilines is 1. The molecule has 3 rings (SSSR count). The summed E-state index contributed by atoms with van der Waals surface area (Å²) in [5.74, 6) is -0.478. The molecule has 2 aromatic rings. The van der Waals surface area contributed by atoms with Crippen molar-refractivity contribution in [3.8, 4) is 0 Å². The Morgan fingerprint density at radius 3 is 2.95 bits per heavy atom. The van der Waals surface area contributed by atoms with Crippen molar-refractivity contribution in [2.45, 2.75) is 31.9 Å². The number of aliphatic hydroxyl groups excluding tert-OH is 2. The van der Waals surface area contributed by atoms with Gasteiger partial charge < -0.3 is 14.8 Å². The minimum Gasteiger partial charge on any atom is -0.396 e. The second-order valence-electron chi connectivity index (χ2n) is 5.56. The fraction of sp³-hybridized carbons (Fsp3) is 0.538. The number of carbonyl (C=O) groups excluding carboxylic acids is 1. The maximum atomic E-state index is 12.0. The topological polar surface area (TPSA) is 133 Å². The zero-order valence-electron chi connectivity index (χ0n) is 12.0. The maximum absolute atomic E-state index is 12.0. The van der Waals surface area contributed by atoms with Gasteiger partial charge in [0.1, 0.15) is 0 Å². The molecule has 3 atom stereocenters. The average molecular weight is 307 g/mol. The largest absolute Gasteiger partial charge is 0.396 e. The van der Waals surface area contributed by atoms with Gasteiger partial charge in [0, 0.05) is 25.5 Å². The van der Waals surface area contributed by atoms with E-state index in [1.165, 1.54) is 13.3 Å². The van der Waals surface area contributed by atoms with E-state index < -0.39 is 11.7 Å². The first-order valence-corrected chi connectivity index (χ1v) is 7.03. The minimum atomic E-state index is -0.593. The summed E-state index contributed by atoms with van der Waals surface area (Å²) < 4.78 is 1.72. The number of aromatic nitrogens is 4. The molecule has 1 aliphatic carbocycles. The van der Waals surface area contributed by atoms with E-state index in [0.717, 1.165) is 0 Å². The van der Waals surface area contributed by atoms with Gasteiger partial charge in [0.25, 0.3) is 5.56 Å². The number of hydrogen-bond donors (Lipinski definition) is 4. The number of carbonyl (C=O) groups is 1. The first-order valence-electron chi connectivity index (χ1n) is 7.03. The van der Waals surface area contributed by atoms with Gasteiger partial charge in [-0.05, 0) is 12.8 Å². The molecule has 9 heteroatoms. The van der Waals surface area contributed by atoms with E-state index in [-0.39, 0.29) is 35.9 Å². The fourth-order valence-corrected chi connectivity index (χ4v) is 2.92. The SMILES string of the molecule is CC(=O)Nc1nc2c(ncn2[C@@H]2C[C@H](CO)[C@@H](O)C2)c(=O)[nH]1. The van der Waals surface area contributed by atoms with Gasteiger partial charge in [0.2, 0.25) is 11.9 Å². The average Bonchev–Trinajstić information content (AvgIpc) is 3.01. The summed E-state index contributed by atoms with van der Waals surface area (Å²) in [4.78, 5) is 33.8. The summed E-state index contributed by atoms with van der Waals surface area (Å²) in [6.07, 6.45) is 1.94. The number of amides is 1. The molecule has 22 heavy (non-hydrogen) atoms. The van der Waals surface area contributed by atoms with Gasteiger partial charge in [0.15, 0.2) is 11.2 Å². The van der Waals surface area contributed by atoms with Gasteiger partial charge in [-0.2, -0.15) is 4.98 Å². The summed E-state index contributed by atoms with van der Waals surface area (Å²) >= 11 is 0. The molecule has 0 unspecified atom stereocenters. The molecule has 0 radical (unpaired) electrons. The minimum absolute atomic E-state index is 0.0593. The predicted molar refractivity (Wildman–Crippen MR) is 77.3 cm³/mol. The normalized spacial score (nSPS) is 24.8. The number of nitrogens with one attached hydrogen (secondary N) is 2. The number of imidazole rings is 1. The molecule has 9 nitrogen and oxygen atoms in total. The molecule has 0 saturated heterocycles. The van der Waals surface area contributed by atoms with Crippen LogP contribution in [0.5, 0.6) is 0 Å². The second-order valence-corrected chi connectivity index (χ2v) is 5.56. The molecule has 0 aromatic carbocycles. The lowest BCUT2D eigenvalue weighted by atomic mass is 10.1. The first kappa shape index (κ1) is 14.7. The van der Waals surface area contributed by atoms with Crippen LogP contribution >= 0.6 is 0 Å². The molecule has 1 saturated carbocycles. The van der Waals surface area contributed by atoms with Crippen molar-refractivity contribution in [3.63, 3.8) is 0 Å². The number of hydrogen-bond acceptors (Lipinski definition) is 6. The Balaban J connectivity index is 2.02. The van der Waals surface area contributed by atoms with Crippen LogP contribution < -0.4 is 10.9 Å². The Kier molecular flexibility index (Phi) is 3.67. The van der Waals surface area contributed by atoms with Crippen molar-refractivity contribution < 1.29 is 15.0 Å². The molecule has 2 heterocycles. The Morgan fingerprint density at radius 2 is 2.32 bits per heavy atom. The van der Waals surface area contributed by atoms with Crippen LogP contribution in [0.1, 0.15) is 25.8 Å². The van der Waals surface area contributed by atoms with Crippen LogP contribution in [0.15, 0.2) is 11.1 Å². The molecule has 0 bridgehead atoms. The number of aromatic amines is 1. The van der Waals surface area contributed by atoms with E-state index >= 15 is 0 Å². The second kappa shape index (κ2) is 5.50. The summed E-state index contributed by atoms with van der Waals surface area (Å²) in [7, 11) is 0. The molecule has 4 N–H and O–H groups in total. The van der Waals surface area contributed by atoms with Gasteiger partial charge in [-0.3, -0.25) is 19.9 Å². The molecule has 0 aliphatic heterocycles. The van der Waals surface area contributed by atoms with Gasteiger partial charge in [-0.15, -0.1) is 0 Å². The van der Waals surface area contributed by atoms with Crippen LogP contribution in [0.25, 0.3) is 11.2 Å². The summed E-state index contributed by atoms with van der Waals surface area (Å²) in [5.41, 5.74) is 0.0871. The molecular weight excluding hydrogens is 290 g/mol. The van der Waals surface area contributed by atoms with Crippen LogP contribution in [0, 0.1) is 5.92 Å². The highest BCUT2D eigenvalue weighted by molar-refractivity contribution is 5.87. The summed E-state index contributed by atoms with van der Waals surface area (Å²) in [5, 5.41) is 21.6. The number of nitrogens with zero attached hydrogens (tertiary/aromatic N) is 3. The van der Waals surface area contributed by atoms with Crippen LogP contribution in [0.2, 0.25) is 0 Å². The van der Waals surface area contributed by atoms with E-state index in [2.05, 4.69) is 20.3 Å². The third-order valence-electron chi connectivity index (χ3n) is 3.99. The first-order chi connectivity index (χ1) is 10.5. The molecule has 2 aromatic heterocycles. The standard InChI is InChI=1S/C13H17N5O4/c1-6(20)15-13-16-11-10(12(22)17-13)14-5-18(11)8-2-7(4-19)9(21)3-8/h5,7-9,19,21H,2-4H2,1H3,(H2,15,16,17,20,22)/t7-,8-,9+/m1/s1. The van der Waals surface area contributed by atoms with E-state index in [4.69, 9.17) is 0 Å².